The van der Waals surface area contributed by atoms with Crippen LogP contribution in [0.1, 0.15) is 12.8 Å². The fourth-order valence-corrected chi connectivity index (χ4v) is 1.66. The van der Waals surface area contributed by atoms with E-state index in [0.717, 1.165) is 19.4 Å². The highest BCUT2D eigenvalue weighted by molar-refractivity contribution is 7.80. The first-order valence-electron chi connectivity index (χ1n) is 4.26. The van der Waals surface area contributed by atoms with E-state index in [0.29, 0.717) is 12.6 Å². The van der Waals surface area contributed by atoms with Crippen molar-refractivity contribution in [2.75, 3.05) is 18.8 Å². The van der Waals surface area contributed by atoms with E-state index in [1.807, 2.05) is 0 Å². The summed E-state index contributed by atoms with van der Waals surface area (Å²) in [5.41, 5.74) is 0. The van der Waals surface area contributed by atoms with Crippen molar-refractivity contribution in [2.45, 2.75) is 18.9 Å². The Kier molecular flexibility index (Phi) is 4.34. The van der Waals surface area contributed by atoms with Crippen LogP contribution in [-0.4, -0.2) is 39.6 Å². The summed E-state index contributed by atoms with van der Waals surface area (Å²) < 4.78 is 18.7. The van der Waals surface area contributed by atoms with Gasteiger partial charge < -0.3 is 15.2 Å². The fourth-order valence-electron chi connectivity index (χ4n) is 1.33. The molecule has 1 aliphatic heterocycles. The number of amides is 1. The molecule has 1 rings (SSSR count). The van der Waals surface area contributed by atoms with E-state index in [4.69, 9.17) is 4.55 Å². The Balaban J connectivity index is 2.10. The lowest BCUT2D eigenvalue weighted by Crippen LogP contribution is -2.38. The summed E-state index contributed by atoms with van der Waals surface area (Å²) in [7, 11) is 0. The molecule has 1 fully saturated rings. The lowest BCUT2D eigenvalue weighted by molar-refractivity contribution is -0.118. The summed E-state index contributed by atoms with van der Waals surface area (Å²) >= 11 is -2.03. The monoisotopic (exact) mass is 206 g/mol. The van der Waals surface area contributed by atoms with Gasteiger partial charge in [0.1, 0.15) is 5.75 Å². The predicted molar refractivity (Wildman–Crippen MR) is 49.7 cm³/mol. The molecule has 1 heterocycles. The molecule has 1 aliphatic rings. The first-order chi connectivity index (χ1) is 6.18. The highest BCUT2D eigenvalue weighted by Crippen LogP contribution is 2.02. The van der Waals surface area contributed by atoms with Crippen LogP contribution in [0.25, 0.3) is 0 Å². The van der Waals surface area contributed by atoms with Crippen molar-refractivity contribution in [1.29, 1.82) is 0 Å². The van der Waals surface area contributed by atoms with Crippen molar-refractivity contribution in [2.24, 2.45) is 0 Å². The number of hydrogen-bond acceptors (Lipinski definition) is 3. The van der Waals surface area contributed by atoms with Gasteiger partial charge in [-0.05, 0) is 19.4 Å². The zero-order chi connectivity index (χ0) is 9.68. The third kappa shape index (κ3) is 4.35. The van der Waals surface area contributed by atoms with Gasteiger partial charge >= 0.3 is 0 Å². The third-order valence-corrected chi connectivity index (χ3v) is 2.47. The Morgan fingerprint density at radius 1 is 1.69 bits per heavy atom. The molecule has 6 heteroatoms. The molecule has 0 aromatic heterocycles. The molecule has 0 radical (unpaired) electrons. The SMILES string of the molecule is O=C(CS(=O)O)NCC1CCCN1. The molecular formula is C7H14N2O3S. The molecule has 76 valence electrons. The van der Waals surface area contributed by atoms with Crippen LogP contribution in [-0.2, 0) is 15.9 Å². The molecule has 0 aliphatic carbocycles. The average Bonchev–Trinajstić information content (AvgIpc) is 2.51. The van der Waals surface area contributed by atoms with Gasteiger partial charge in [0, 0.05) is 12.6 Å². The van der Waals surface area contributed by atoms with Gasteiger partial charge in [0.25, 0.3) is 0 Å². The number of hydrogen-bond donors (Lipinski definition) is 3. The van der Waals surface area contributed by atoms with Gasteiger partial charge in [0.05, 0.1) is 0 Å². The van der Waals surface area contributed by atoms with Crippen molar-refractivity contribution in [3.05, 3.63) is 0 Å². The minimum atomic E-state index is -2.03. The lowest BCUT2D eigenvalue weighted by Gasteiger charge is -2.10. The normalized spacial score (nSPS) is 24.2. The zero-order valence-corrected chi connectivity index (χ0v) is 8.10. The number of carbonyl (C=O) groups excluding carboxylic acids is 1. The molecule has 3 N–H and O–H groups in total. The summed E-state index contributed by atoms with van der Waals surface area (Å²) in [6.45, 7) is 1.54. The van der Waals surface area contributed by atoms with Crippen molar-refractivity contribution in [1.82, 2.24) is 10.6 Å². The second-order valence-electron chi connectivity index (χ2n) is 3.06. The molecule has 13 heavy (non-hydrogen) atoms. The maximum Gasteiger partial charge on any atom is 0.235 e. The summed E-state index contributed by atoms with van der Waals surface area (Å²) in [4.78, 5) is 10.9. The quantitative estimate of drug-likeness (QED) is 0.520. The van der Waals surface area contributed by atoms with E-state index in [-0.39, 0.29) is 11.7 Å². The molecule has 1 saturated heterocycles. The van der Waals surface area contributed by atoms with Crippen molar-refractivity contribution >= 4 is 17.0 Å². The highest BCUT2D eigenvalue weighted by Gasteiger charge is 2.14. The van der Waals surface area contributed by atoms with Crippen LogP contribution in [0.2, 0.25) is 0 Å². The van der Waals surface area contributed by atoms with Crippen LogP contribution in [0.15, 0.2) is 0 Å². The van der Waals surface area contributed by atoms with Crippen LogP contribution in [0.3, 0.4) is 0 Å². The van der Waals surface area contributed by atoms with Crippen molar-refractivity contribution in [3.63, 3.8) is 0 Å². The topological polar surface area (TPSA) is 78.4 Å². The van der Waals surface area contributed by atoms with Crippen LogP contribution >= 0.6 is 0 Å². The summed E-state index contributed by atoms with van der Waals surface area (Å²) in [6.07, 6.45) is 2.19. The molecule has 2 atom stereocenters. The Labute approximate surface area is 79.6 Å². The molecule has 1 amide bonds. The second-order valence-corrected chi connectivity index (χ2v) is 3.99. The minimum absolute atomic E-state index is 0.327. The van der Waals surface area contributed by atoms with Gasteiger partial charge in [-0.3, -0.25) is 4.79 Å². The summed E-state index contributed by atoms with van der Waals surface area (Å²) in [5, 5.41) is 5.81. The Morgan fingerprint density at radius 2 is 2.46 bits per heavy atom. The second kappa shape index (κ2) is 5.31. The molecule has 0 spiro atoms. The summed E-state index contributed by atoms with van der Waals surface area (Å²) in [6, 6.07) is 0.330. The maximum atomic E-state index is 10.9. The molecule has 0 saturated carbocycles. The molecule has 2 unspecified atom stereocenters. The Hall–Kier alpha value is -0.460. The molecule has 0 aromatic rings. The number of rotatable bonds is 4. The van der Waals surface area contributed by atoms with E-state index in [2.05, 4.69) is 10.6 Å². The van der Waals surface area contributed by atoms with Gasteiger partial charge in [0.15, 0.2) is 11.1 Å². The predicted octanol–water partition coefficient (Wildman–Crippen LogP) is -0.924. The minimum Gasteiger partial charge on any atom is -0.354 e. The van der Waals surface area contributed by atoms with E-state index >= 15 is 0 Å². The van der Waals surface area contributed by atoms with E-state index < -0.39 is 11.1 Å². The van der Waals surface area contributed by atoms with Crippen LogP contribution in [0, 0.1) is 0 Å². The molecular weight excluding hydrogens is 192 g/mol. The van der Waals surface area contributed by atoms with Crippen molar-refractivity contribution < 1.29 is 13.6 Å². The Bertz CT molecular complexity index is 204. The average molecular weight is 206 g/mol. The van der Waals surface area contributed by atoms with Gasteiger partial charge in [0.2, 0.25) is 5.91 Å². The first kappa shape index (κ1) is 10.6. The number of nitrogens with one attached hydrogen (secondary N) is 2. The number of carbonyl (C=O) groups is 1. The van der Waals surface area contributed by atoms with Gasteiger partial charge in [-0.15, -0.1) is 0 Å². The maximum absolute atomic E-state index is 10.9. The lowest BCUT2D eigenvalue weighted by atomic mass is 10.2. The third-order valence-electron chi connectivity index (χ3n) is 1.96. The molecule has 0 aromatic carbocycles. The van der Waals surface area contributed by atoms with Crippen LogP contribution in [0.4, 0.5) is 0 Å². The highest BCUT2D eigenvalue weighted by atomic mass is 32.2. The van der Waals surface area contributed by atoms with Gasteiger partial charge in [-0.2, -0.15) is 0 Å². The van der Waals surface area contributed by atoms with Gasteiger partial charge in [-0.1, -0.05) is 0 Å². The van der Waals surface area contributed by atoms with E-state index in [1.54, 1.807) is 0 Å². The van der Waals surface area contributed by atoms with Crippen molar-refractivity contribution in [3.8, 4) is 0 Å². The standard InChI is InChI=1S/C7H14N2O3S/c10-7(5-13(11)12)9-4-6-2-1-3-8-6/h6,8H,1-5H2,(H,9,10)(H,11,12). The van der Waals surface area contributed by atoms with E-state index in [9.17, 15) is 9.00 Å². The molecule has 5 nitrogen and oxygen atoms in total. The largest absolute Gasteiger partial charge is 0.354 e. The smallest absolute Gasteiger partial charge is 0.235 e. The van der Waals surface area contributed by atoms with Crippen LogP contribution < -0.4 is 10.6 Å². The van der Waals surface area contributed by atoms with Gasteiger partial charge in [-0.25, -0.2) is 4.21 Å². The van der Waals surface area contributed by atoms with Crippen LogP contribution in [0.5, 0.6) is 0 Å². The first-order valence-corrected chi connectivity index (χ1v) is 5.53. The summed E-state index contributed by atoms with van der Waals surface area (Å²) in [5.74, 6) is -0.693. The zero-order valence-electron chi connectivity index (χ0n) is 7.28. The fraction of sp³-hybridized carbons (Fsp3) is 0.857. The van der Waals surface area contributed by atoms with E-state index in [1.165, 1.54) is 0 Å². The molecule has 0 bridgehead atoms. The Morgan fingerprint density at radius 3 is 3.00 bits per heavy atom.